The number of benzene rings is 2. The molecule has 4 rings (SSSR count). The van der Waals surface area contributed by atoms with Gasteiger partial charge in [-0.05, 0) is 24.3 Å². The number of piperazine rings is 1. The molecule has 0 aromatic heterocycles. The third-order valence-corrected chi connectivity index (χ3v) is 5.96. The van der Waals surface area contributed by atoms with Crippen LogP contribution < -0.4 is 15.1 Å². The third-order valence-electron chi connectivity index (χ3n) is 5.96. The van der Waals surface area contributed by atoms with Gasteiger partial charge in [0.25, 0.3) is 0 Å². The highest BCUT2D eigenvalue weighted by atomic mass is 16.2. The van der Waals surface area contributed by atoms with E-state index in [1.807, 2.05) is 53.4 Å². The van der Waals surface area contributed by atoms with Crippen molar-refractivity contribution in [1.29, 1.82) is 0 Å². The Morgan fingerprint density at radius 2 is 1.48 bits per heavy atom. The van der Waals surface area contributed by atoms with E-state index in [0.29, 0.717) is 26.2 Å². The molecule has 2 heterocycles. The van der Waals surface area contributed by atoms with Crippen LogP contribution in [0.5, 0.6) is 0 Å². The molecule has 0 aliphatic carbocycles. The summed E-state index contributed by atoms with van der Waals surface area (Å²) in [7, 11) is 0. The number of hydrogen-bond acceptors (Lipinski definition) is 4. The fourth-order valence-corrected chi connectivity index (χ4v) is 4.19. The zero-order valence-corrected chi connectivity index (χ0v) is 17.6. The first-order chi connectivity index (χ1) is 15.1. The number of rotatable bonds is 6. The molecule has 162 valence electrons. The van der Waals surface area contributed by atoms with Gasteiger partial charge in [0, 0.05) is 63.5 Å². The van der Waals surface area contributed by atoms with E-state index in [2.05, 4.69) is 22.3 Å². The van der Waals surface area contributed by atoms with Crippen LogP contribution >= 0.6 is 0 Å². The molecule has 2 fully saturated rings. The molecule has 1 N–H and O–H groups in total. The van der Waals surface area contributed by atoms with Gasteiger partial charge in [0.2, 0.25) is 17.7 Å². The van der Waals surface area contributed by atoms with Crippen LogP contribution in [-0.4, -0.2) is 61.9 Å². The average Bonchev–Trinajstić information content (AvgIpc) is 3.22. The number of nitrogens with one attached hydrogen (secondary N) is 1. The van der Waals surface area contributed by atoms with Crippen molar-refractivity contribution >= 4 is 29.1 Å². The van der Waals surface area contributed by atoms with Crippen LogP contribution in [0.1, 0.15) is 12.8 Å². The lowest BCUT2D eigenvalue weighted by Crippen LogP contribution is -2.49. The van der Waals surface area contributed by atoms with Crippen molar-refractivity contribution in [2.45, 2.75) is 12.8 Å². The Morgan fingerprint density at radius 1 is 0.871 bits per heavy atom. The van der Waals surface area contributed by atoms with Gasteiger partial charge in [-0.25, -0.2) is 0 Å². The highest BCUT2D eigenvalue weighted by molar-refractivity contribution is 6.00. The van der Waals surface area contributed by atoms with Crippen molar-refractivity contribution in [3.05, 3.63) is 60.7 Å². The molecule has 2 saturated heterocycles. The Balaban J connectivity index is 1.19. The maximum Gasteiger partial charge on any atom is 0.227 e. The number of amides is 3. The van der Waals surface area contributed by atoms with Gasteiger partial charge in [-0.1, -0.05) is 36.4 Å². The van der Waals surface area contributed by atoms with Gasteiger partial charge < -0.3 is 20.0 Å². The van der Waals surface area contributed by atoms with E-state index < -0.39 is 0 Å². The Hall–Kier alpha value is -3.35. The molecule has 2 aliphatic rings. The van der Waals surface area contributed by atoms with Crippen molar-refractivity contribution < 1.29 is 14.4 Å². The lowest BCUT2D eigenvalue weighted by Gasteiger charge is -2.36. The Morgan fingerprint density at radius 3 is 2.13 bits per heavy atom. The third kappa shape index (κ3) is 5.05. The zero-order chi connectivity index (χ0) is 21.6. The first kappa shape index (κ1) is 20.9. The predicted molar refractivity (Wildman–Crippen MR) is 120 cm³/mol. The molecule has 0 spiro atoms. The molecule has 2 aromatic rings. The van der Waals surface area contributed by atoms with E-state index >= 15 is 0 Å². The van der Waals surface area contributed by atoms with E-state index in [1.165, 1.54) is 5.69 Å². The number of hydrogen-bond donors (Lipinski definition) is 1. The van der Waals surface area contributed by atoms with Crippen molar-refractivity contribution in [3.63, 3.8) is 0 Å². The molecule has 3 amide bonds. The van der Waals surface area contributed by atoms with Crippen LogP contribution in [0, 0.1) is 5.92 Å². The number of anilines is 2. The molecular formula is C24H28N4O3. The second-order valence-corrected chi connectivity index (χ2v) is 7.99. The van der Waals surface area contributed by atoms with Gasteiger partial charge in [-0.15, -0.1) is 0 Å². The van der Waals surface area contributed by atoms with Gasteiger partial charge in [-0.2, -0.15) is 0 Å². The number of nitrogens with zero attached hydrogens (tertiary/aromatic N) is 3. The van der Waals surface area contributed by atoms with Crippen molar-refractivity contribution in [1.82, 2.24) is 10.2 Å². The summed E-state index contributed by atoms with van der Waals surface area (Å²) in [5.74, 6) is -0.522. The number of carbonyl (C=O) groups is 3. The van der Waals surface area contributed by atoms with Crippen LogP contribution in [-0.2, 0) is 14.4 Å². The summed E-state index contributed by atoms with van der Waals surface area (Å²) in [6.07, 6.45) is 0.482. The number of carbonyl (C=O) groups excluding carboxylic acids is 3. The van der Waals surface area contributed by atoms with Crippen LogP contribution in [0.4, 0.5) is 11.4 Å². The lowest BCUT2D eigenvalue weighted by molar-refractivity contribution is -0.131. The predicted octanol–water partition coefficient (Wildman–Crippen LogP) is 1.89. The van der Waals surface area contributed by atoms with Crippen LogP contribution in [0.2, 0.25) is 0 Å². The first-order valence-corrected chi connectivity index (χ1v) is 10.8. The van der Waals surface area contributed by atoms with Crippen molar-refractivity contribution in [3.8, 4) is 0 Å². The molecule has 0 radical (unpaired) electrons. The molecule has 1 unspecified atom stereocenters. The quantitative estimate of drug-likeness (QED) is 0.775. The van der Waals surface area contributed by atoms with Gasteiger partial charge in [0.05, 0.1) is 5.92 Å². The van der Waals surface area contributed by atoms with E-state index in [4.69, 9.17) is 0 Å². The van der Waals surface area contributed by atoms with Gasteiger partial charge >= 0.3 is 0 Å². The van der Waals surface area contributed by atoms with E-state index in [-0.39, 0.29) is 36.5 Å². The summed E-state index contributed by atoms with van der Waals surface area (Å²) in [5.41, 5.74) is 1.99. The maximum atomic E-state index is 12.5. The smallest absolute Gasteiger partial charge is 0.227 e. The van der Waals surface area contributed by atoms with Crippen LogP contribution in [0.15, 0.2) is 60.7 Å². The van der Waals surface area contributed by atoms with Crippen molar-refractivity contribution in [2.24, 2.45) is 5.92 Å². The second-order valence-electron chi connectivity index (χ2n) is 7.99. The molecular weight excluding hydrogens is 392 g/mol. The summed E-state index contributed by atoms with van der Waals surface area (Å²) in [5, 5.41) is 2.85. The summed E-state index contributed by atoms with van der Waals surface area (Å²) in [6, 6.07) is 19.6. The molecule has 0 saturated carbocycles. The SMILES string of the molecule is O=C(NCCC(=O)N1CCN(c2ccccc2)CC1)C1CC(=O)N(c2ccccc2)C1. The minimum atomic E-state index is -0.378. The molecule has 31 heavy (non-hydrogen) atoms. The van der Waals surface area contributed by atoms with Crippen LogP contribution in [0.3, 0.4) is 0 Å². The molecule has 2 aliphatic heterocycles. The summed E-state index contributed by atoms with van der Waals surface area (Å²) < 4.78 is 0. The largest absolute Gasteiger partial charge is 0.368 e. The highest BCUT2D eigenvalue weighted by Crippen LogP contribution is 2.24. The monoisotopic (exact) mass is 420 g/mol. The molecule has 1 atom stereocenters. The maximum absolute atomic E-state index is 12.5. The summed E-state index contributed by atoms with van der Waals surface area (Å²) in [6.45, 7) is 3.66. The van der Waals surface area contributed by atoms with Gasteiger partial charge in [-0.3, -0.25) is 14.4 Å². The van der Waals surface area contributed by atoms with Crippen molar-refractivity contribution in [2.75, 3.05) is 49.1 Å². The fraction of sp³-hybridized carbons (Fsp3) is 0.375. The molecule has 7 heteroatoms. The molecule has 0 bridgehead atoms. The Kier molecular flexibility index (Phi) is 6.50. The Labute approximate surface area is 182 Å². The van der Waals surface area contributed by atoms with E-state index in [0.717, 1.165) is 18.8 Å². The topological polar surface area (TPSA) is 73.0 Å². The van der Waals surface area contributed by atoms with Gasteiger partial charge in [0.15, 0.2) is 0 Å². The minimum Gasteiger partial charge on any atom is -0.368 e. The second kappa shape index (κ2) is 9.64. The summed E-state index contributed by atoms with van der Waals surface area (Å²) >= 11 is 0. The normalized spacial score (nSPS) is 18.9. The first-order valence-electron chi connectivity index (χ1n) is 10.8. The highest BCUT2D eigenvalue weighted by Gasteiger charge is 2.35. The lowest BCUT2D eigenvalue weighted by atomic mass is 10.1. The molecule has 7 nitrogen and oxygen atoms in total. The fourth-order valence-electron chi connectivity index (χ4n) is 4.19. The average molecular weight is 421 g/mol. The zero-order valence-electron chi connectivity index (χ0n) is 17.6. The Bertz CT molecular complexity index is 911. The van der Waals surface area contributed by atoms with E-state index in [1.54, 1.807) is 4.90 Å². The summed E-state index contributed by atoms with van der Waals surface area (Å²) in [4.78, 5) is 43.1. The van der Waals surface area contributed by atoms with Gasteiger partial charge in [0.1, 0.15) is 0 Å². The minimum absolute atomic E-state index is 0.0429. The van der Waals surface area contributed by atoms with E-state index in [9.17, 15) is 14.4 Å². The number of para-hydroxylation sites is 2. The standard InChI is InChI=1S/C24H28N4O3/c29-22(27-15-13-26(14-16-27)20-7-3-1-4-8-20)11-12-25-24(31)19-17-23(30)28(18-19)21-9-5-2-6-10-21/h1-10,19H,11-18H2,(H,25,31). The van der Waals surface area contributed by atoms with Crippen LogP contribution in [0.25, 0.3) is 0 Å². The molecule has 2 aromatic carbocycles.